The topological polar surface area (TPSA) is 35.2 Å². The van der Waals surface area contributed by atoms with Crippen molar-refractivity contribution in [3.05, 3.63) is 63.1 Å². The van der Waals surface area contributed by atoms with E-state index in [1.807, 2.05) is 0 Å². The molecular weight excluding hydrogens is 314 g/mol. The molecular formula is C17H18BrNO. The van der Waals surface area contributed by atoms with Crippen LogP contribution in [-0.4, -0.2) is 6.61 Å². The van der Waals surface area contributed by atoms with E-state index >= 15 is 0 Å². The van der Waals surface area contributed by atoms with Gasteiger partial charge in [-0.15, -0.1) is 0 Å². The lowest BCUT2D eigenvalue weighted by Crippen LogP contribution is -2.14. The van der Waals surface area contributed by atoms with E-state index in [9.17, 15) is 0 Å². The first-order valence-corrected chi connectivity index (χ1v) is 7.69. The van der Waals surface area contributed by atoms with Gasteiger partial charge < -0.3 is 10.5 Å². The number of ether oxygens (including phenoxy) is 1. The number of nitrogens with two attached hydrogens (primary N) is 1. The number of aryl methyl sites for hydroxylation is 1. The van der Waals surface area contributed by atoms with Crippen molar-refractivity contribution in [3.8, 4) is 5.75 Å². The van der Waals surface area contributed by atoms with Crippen molar-refractivity contribution in [2.24, 2.45) is 5.73 Å². The SMILES string of the molecule is Cc1cccc(CC(N)c2cc(Br)cc3c2OCC3)c1. The summed E-state index contributed by atoms with van der Waals surface area (Å²) in [5, 5.41) is 0. The van der Waals surface area contributed by atoms with E-state index in [1.54, 1.807) is 0 Å². The zero-order chi connectivity index (χ0) is 14.1. The molecule has 1 aliphatic heterocycles. The van der Waals surface area contributed by atoms with Gasteiger partial charge >= 0.3 is 0 Å². The fourth-order valence-electron chi connectivity index (χ4n) is 2.78. The lowest BCUT2D eigenvalue weighted by atomic mass is 9.96. The Morgan fingerprint density at radius 3 is 2.95 bits per heavy atom. The minimum Gasteiger partial charge on any atom is -0.493 e. The number of benzene rings is 2. The molecule has 0 spiro atoms. The van der Waals surface area contributed by atoms with Gasteiger partial charge in [-0.05, 0) is 36.6 Å². The maximum atomic E-state index is 6.42. The molecule has 3 rings (SSSR count). The Kier molecular flexibility index (Phi) is 3.81. The number of rotatable bonds is 3. The third-order valence-electron chi connectivity index (χ3n) is 3.71. The van der Waals surface area contributed by atoms with Crippen molar-refractivity contribution >= 4 is 15.9 Å². The monoisotopic (exact) mass is 331 g/mol. The molecule has 1 aliphatic rings. The molecule has 1 heterocycles. The van der Waals surface area contributed by atoms with Crippen molar-refractivity contribution in [2.45, 2.75) is 25.8 Å². The second-order valence-electron chi connectivity index (χ2n) is 5.38. The summed E-state index contributed by atoms with van der Waals surface area (Å²) >= 11 is 3.57. The Bertz CT molecular complexity index is 639. The molecule has 20 heavy (non-hydrogen) atoms. The number of hydrogen-bond donors (Lipinski definition) is 1. The third-order valence-corrected chi connectivity index (χ3v) is 4.17. The van der Waals surface area contributed by atoms with Gasteiger partial charge in [-0.1, -0.05) is 45.8 Å². The lowest BCUT2D eigenvalue weighted by molar-refractivity contribution is 0.351. The van der Waals surface area contributed by atoms with E-state index in [-0.39, 0.29) is 6.04 Å². The van der Waals surface area contributed by atoms with Crippen molar-refractivity contribution in [1.29, 1.82) is 0 Å². The molecule has 0 amide bonds. The van der Waals surface area contributed by atoms with Gasteiger partial charge in [-0.2, -0.15) is 0 Å². The minimum absolute atomic E-state index is 0.0406. The molecule has 0 aliphatic carbocycles. The molecule has 0 aromatic heterocycles. The average molecular weight is 332 g/mol. The van der Waals surface area contributed by atoms with E-state index in [2.05, 4.69) is 59.3 Å². The summed E-state index contributed by atoms with van der Waals surface area (Å²) in [7, 11) is 0. The van der Waals surface area contributed by atoms with Crippen molar-refractivity contribution < 1.29 is 4.74 Å². The van der Waals surface area contributed by atoms with Gasteiger partial charge in [-0.25, -0.2) is 0 Å². The highest BCUT2D eigenvalue weighted by Gasteiger charge is 2.21. The largest absolute Gasteiger partial charge is 0.493 e. The normalized spacial score (nSPS) is 14.8. The van der Waals surface area contributed by atoms with Gasteiger partial charge in [0.2, 0.25) is 0 Å². The quantitative estimate of drug-likeness (QED) is 0.924. The van der Waals surface area contributed by atoms with Gasteiger partial charge in [0.05, 0.1) is 6.61 Å². The van der Waals surface area contributed by atoms with Crippen LogP contribution in [0.15, 0.2) is 40.9 Å². The molecule has 2 aromatic rings. The Morgan fingerprint density at radius 2 is 2.15 bits per heavy atom. The maximum Gasteiger partial charge on any atom is 0.127 e. The van der Waals surface area contributed by atoms with Gasteiger partial charge in [0, 0.05) is 22.5 Å². The first-order valence-electron chi connectivity index (χ1n) is 6.90. The highest BCUT2D eigenvalue weighted by molar-refractivity contribution is 9.10. The summed E-state index contributed by atoms with van der Waals surface area (Å²) < 4.78 is 6.85. The molecule has 1 atom stereocenters. The second kappa shape index (κ2) is 5.58. The van der Waals surface area contributed by atoms with E-state index < -0.39 is 0 Å². The van der Waals surface area contributed by atoms with Crippen molar-refractivity contribution in [2.75, 3.05) is 6.61 Å². The molecule has 0 fully saturated rings. The summed E-state index contributed by atoms with van der Waals surface area (Å²) in [6.07, 6.45) is 1.80. The van der Waals surface area contributed by atoms with Gasteiger partial charge in [-0.3, -0.25) is 0 Å². The number of fused-ring (bicyclic) bond motifs is 1. The summed E-state index contributed by atoms with van der Waals surface area (Å²) in [5.41, 5.74) is 11.3. The Hall–Kier alpha value is -1.32. The average Bonchev–Trinajstić information content (AvgIpc) is 2.85. The highest BCUT2D eigenvalue weighted by Crippen LogP contribution is 2.36. The molecule has 104 valence electrons. The first-order chi connectivity index (χ1) is 9.63. The van der Waals surface area contributed by atoms with Crippen LogP contribution in [0, 0.1) is 6.92 Å². The van der Waals surface area contributed by atoms with Crippen molar-refractivity contribution in [1.82, 2.24) is 0 Å². The summed E-state index contributed by atoms with van der Waals surface area (Å²) in [6.45, 7) is 2.87. The third kappa shape index (κ3) is 2.74. The van der Waals surface area contributed by atoms with Crippen LogP contribution in [0.1, 0.15) is 28.3 Å². The van der Waals surface area contributed by atoms with Crippen LogP contribution in [0.4, 0.5) is 0 Å². The van der Waals surface area contributed by atoms with E-state index in [1.165, 1.54) is 16.7 Å². The highest BCUT2D eigenvalue weighted by atomic mass is 79.9. The van der Waals surface area contributed by atoms with Crippen LogP contribution in [0.3, 0.4) is 0 Å². The van der Waals surface area contributed by atoms with Crippen LogP contribution in [0.5, 0.6) is 5.75 Å². The molecule has 2 N–H and O–H groups in total. The minimum atomic E-state index is -0.0406. The maximum absolute atomic E-state index is 6.42. The predicted octanol–water partition coefficient (Wildman–Crippen LogP) is 3.93. The van der Waals surface area contributed by atoms with Gasteiger partial charge in [0.1, 0.15) is 5.75 Å². The Morgan fingerprint density at radius 1 is 1.30 bits per heavy atom. The molecule has 2 aromatic carbocycles. The molecule has 1 unspecified atom stereocenters. The fraction of sp³-hybridized carbons (Fsp3) is 0.294. The van der Waals surface area contributed by atoms with E-state index in [4.69, 9.17) is 10.5 Å². The van der Waals surface area contributed by atoms with Gasteiger partial charge in [0.15, 0.2) is 0 Å². The lowest BCUT2D eigenvalue weighted by Gasteiger charge is -2.16. The second-order valence-corrected chi connectivity index (χ2v) is 6.30. The van der Waals surface area contributed by atoms with Crippen molar-refractivity contribution in [3.63, 3.8) is 0 Å². The fourth-order valence-corrected chi connectivity index (χ4v) is 3.30. The molecule has 2 nitrogen and oxygen atoms in total. The Balaban J connectivity index is 1.89. The summed E-state index contributed by atoms with van der Waals surface area (Å²) in [5.74, 6) is 0.994. The number of halogens is 1. The van der Waals surface area contributed by atoms with Crippen LogP contribution < -0.4 is 10.5 Å². The summed E-state index contributed by atoms with van der Waals surface area (Å²) in [6, 6.07) is 12.7. The first kappa shape index (κ1) is 13.7. The zero-order valence-corrected chi connectivity index (χ0v) is 13.1. The van der Waals surface area contributed by atoms with Crippen LogP contribution in [0.2, 0.25) is 0 Å². The summed E-state index contributed by atoms with van der Waals surface area (Å²) in [4.78, 5) is 0. The van der Waals surface area contributed by atoms with Gasteiger partial charge in [0.25, 0.3) is 0 Å². The standard InChI is InChI=1S/C17H18BrNO/c1-11-3-2-4-12(7-11)8-16(19)15-10-14(18)9-13-5-6-20-17(13)15/h2-4,7,9-10,16H,5-6,8,19H2,1H3. The molecule has 0 saturated heterocycles. The molecule has 0 radical (unpaired) electrons. The Labute approximate surface area is 128 Å². The van der Waals surface area contributed by atoms with E-state index in [0.717, 1.165) is 35.2 Å². The number of hydrogen-bond acceptors (Lipinski definition) is 2. The predicted molar refractivity (Wildman–Crippen MR) is 85.2 cm³/mol. The molecule has 0 saturated carbocycles. The zero-order valence-electron chi connectivity index (χ0n) is 11.5. The van der Waals surface area contributed by atoms with Crippen LogP contribution in [-0.2, 0) is 12.8 Å². The molecule has 3 heteroatoms. The smallest absolute Gasteiger partial charge is 0.127 e. The molecule has 0 bridgehead atoms. The van der Waals surface area contributed by atoms with E-state index in [0.29, 0.717) is 0 Å². The van der Waals surface area contributed by atoms with Crippen LogP contribution in [0.25, 0.3) is 0 Å². The van der Waals surface area contributed by atoms with Crippen LogP contribution >= 0.6 is 15.9 Å².